The number of carbonyl (C=O) groups excluding carboxylic acids is 1. The minimum absolute atomic E-state index is 0.0294. The number of carboxylic acid groups (broad SMARTS) is 1. The number of aryl methyl sites for hydroxylation is 1. The molecule has 5 aliphatic rings. The van der Waals surface area contributed by atoms with E-state index < -0.39 is 5.97 Å². The lowest BCUT2D eigenvalue weighted by Crippen LogP contribution is -2.36. The Morgan fingerprint density at radius 2 is 1.77 bits per heavy atom. The minimum Gasteiger partial charge on any atom is -0.481 e. The molecule has 0 aliphatic carbocycles. The van der Waals surface area contributed by atoms with Gasteiger partial charge in [0, 0.05) is 37.0 Å². The lowest BCUT2D eigenvalue weighted by atomic mass is 9.87. The van der Waals surface area contributed by atoms with E-state index in [0.717, 1.165) is 48.8 Å². The molecule has 0 fully saturated rings. The van der Waals surface area contributed by atoms with Crippen LogP contribution in [0.1, 0.15) is 69.8 Å². The number of benzene rings is 2. The minimum atomic E-state index is -0.890. The van der Waals surface area contributed by atoms with Crippen LogP contribution in [0.2, 0.25) is 0 Å². The fourth-order valence-corrected chi connectivity index (χ4v) is 4.92. The van der Waals surface area contributed by atoms with Crippen molar-refractivity contribution in [3.63, 3.8) is 0 Å². The predicted octanol–water partition coefficient (Wildman–Crippen LogP) is 4.39. The number of hydrogen-bond acceptors (Lipinski definition) is 5. The monoisotopic (exact) mass is 471 g/mol. The highest BCUT2D eigenvalue weighted by Crippen LogP contribution is 2.31. The van der Waals surface area contributed by atoms with E-state index in [1.807, 2.05) is 41.3 Å². The van der Waals surface area contributed by atoms with Crippen LogP contribution in [-0.2, 0) is 24.2 Å². The van der Waals surface area contributed by atoms with Gasteiger partial charge in [-0.2, -0.15) is 0 Å². The van der Waals surface area contributed by atoms with Crippen molar-refractivity contribution in [2.75, 3.05) is 13.2 Å². The van der Waals surface area contributed by atoms with Crippen molar-refractivity contribution >= 4 is 11.9 Å². The first-order chi connectivity index (χ1) is 17.1. The second kappa shape index (κ2) is 10.3. The standard InChI is InChI=1S/C28H29N3O4/c32-26(33)15-25-22-10-9-20-11-12-31(18-23(20)14-22)27(34)21-7-5-19(6-8-21)4-2-1-3-13-35-28-29-16-24(25)17-30-28/h5-10,14,16-17,25H,1-4,11-13,15,18H2,(H,32,33). The Kier molecular flexibility index (Phi) is 6.75. The van der Waals surface area contributed by atoms with Crippen molar-refractivity contribution in [1.29, 1.82) is 0 Å². The second-order valence-electron chi connectivity index (χ2n) is 9.31. The van der Waals surface area contributed by atoms with Gasteiger partial charge in [-0.1, -0.05) is 30.3 Å². The Bertz CT molecular complexity index is 1210. The maximum Gasteiger partial charge on any atom is 0.316 e. The van der Waals surface area contributed by atoms with Gasteiger partial charge in [-0.3, -0.25) is 9.59 Å². The van der Waals surface area contributed by atoms with Gasteiger partial charge in [-0.05, 0) is 72.1 Å². The summed E-state index contributed by atoms with van der Waals surface area (Å²) in [4.78, 5) is 35.5. The molecule has 8 rings (SSSR count). The molecule has 0 saturated heterocycles. The van der Waals surface area contributed by atoms with Crippen molar-refractivity contribution in [2.45, 2.75) is 51.0 Å². The Balaban J connectivity index is 1.49. The summed E-state index contributed by atoms with van der Waals surface area (Å²) in [6, 6.07) is 14.4. The van der Waals surface area contributed by atoms with Crippen LogP contribution in [0.3, 0.4) is 0 Å². The topological polar surface area (TPSA) is 92.6 Å². The molecule has 1 atom stereocenters. The van der Waals surface area contributed by atoms with Crippen LogP contribution in [0.25, 0.3) is 0 Å². The number of ether oxygens (including phenoxy) is 1. The fourth-order valence-electron chi connectivity index (χ4n) is 4.92. The van der Waals surface area contributed by atoms with Crippen molar-refractivity contribution < 1.29 is 19.4 Å². The van der Waals surface area contributed by atoms with Gasteiger partial charge in [0.2, 0.25) is 0 Å². The summed E-state index contributed by atoms with van der Waals surface area (Å²) < 4.78 is 5.71. The lowest BCUT2D eigenvalue weighted by molar-refractivity contribution is -0.137. The van der Waals surface area contributed by atoms with Gasteiger partial charge >= 0.3 is 12.0 Å². The number of rotatable bonds is 2. The molecule has 7 nitrogen and oxygen atoms in total. The third kappa shape index (κ3) is 5.34. The number of carbonyl (C=O) groups is 2. The van der Waals surface area contributed by atoms with E-state index in [9.17, 15) is 14.7 Å². The molecule has 7 bridgehead atoms. The summed E-state index contributed by atoms with van der Waals surface area (Å²) in [6.07, 6.45) is 7.95. The van der Waals surface area contributed by atoms with Crippen LogP contribution in [-0.4, -0.2) is 45.0 Å². The molecule has 0 radical (unpaired) electrons. The van der Waals surface area contributed by atoms with Crippen LogP contribution in [0.5, 0.6) is 6.01 Å². The molecule has 0 spiro atoms. The van der Waals surface area contributed by atoms with Gasteiger partial charge in [0.15, 0.2) is 0 Å². The third-order valence-electron chi connectivity index (χ3n) is 6.90. The fraction of sp³-hybridized carbons (Fsp3) is 0.357. The van der Waals surface area contributed by atoms with Gasteiger partial charge in [-0.25, -0.2) is 9.97 Å². The molecule has 1 amide bonds. The van der Waals surface area contributed by atoms with Gasteiger partial charge in [-0.15, -0.1) is 0 Å². The van der Waals surface area contributed by atoms with Gasteiger partial charge in [0.25, 0.3) is 5.91 Å². The highest BCUT2D eigenvalue weighted by atomic mass is 16.5. The lowest BCUT2D eigenvalue weighted by Gasteiger charge is -2.30. The molecule has 2 aromatic carbocycles. The van der Waals surface area contributed by atoms with E-state index in [-0.39, 0.29) is 18.2 Å². The van der Waals surface area contributed by atoms with Crippen LogP contribution in [0.4, 0.5) is 0 Å². The first kappa shape index (κ1) is 23.0. The molecule has 3 aromatic rings. The van der Waals surface area contributed by atoms with E-state index >= 15 is 0 Å². The molecule has 0 saturated carbocycles. The van der Waals surface area contributed by atoms with E-state index in [0.29, 0.717) is 31.3 Å². The number of hydrogen-bond donors (Lipinski definition) is 1. The third-order valence-corrected chi connectivity index (χ3v) is 6.90. The van der Waals surface area contributed by atoms with Gasteiger partial charge in [0.05, 0.1) is 13.0 Å². The summed E-state index contributed by atoms with van der Waals surface area (Å²) in [7, 11) is 0. The van der Waals surface area contributed by atoms with Crippen molar-refractivity contribution in [3.8, 4) is 6.01 Å². The zero-order valence-corrected chi connectivity index (χ0v) is 19.7. The quantitative estimate of drug-likeness (QED) is 0.596. The van der Waals surface area contributed by atoms with Crippen LogP contribution in [0.15, 0.2) is 54.9 Å². The van der Waals surface area contributed by atoms with E-state index in [2.05, 4.69) is 16.0 Å². The predicted molar refractivity (Wildman–Crippen MR) is 131 cm³/mol. The number of carboxylic acids is 1. The molecule has 1 aromatic heterocycles. The molecule has 35 heavy (non-hydrogen) atoms. The SMILES string of the molecule is O=C(O)CC1c2cnc(nc2)OCCCCCc2ccc(cc2)C(=O)N2CCc3ccc1cc3C2. The molecule has 1 unspecified atom stereocenters. The molecule has 180 valence electrons. The number of aliphatic carboxylic acids is 1. The second-order valence-corrected chi connectivity index (χ2v) is 9.31. The van der Waals surface area contributed by atoms with Gasteiger partial charge in [0.1, 0.15) is 0 Å². The summed E-state index contributed by atoms with van der Waals surface area (Å²) in [6.45, 7) is 1.71. The number of amides is 1. The molecule has 7 heteroatoms. The first-order valence-corrected chi connectivity index (χ1v) is 12.2. The average Bonchev–Trinajstić information content (AvgIpc) is 2.88. The van der Waals surface area contributed by atoms with Crippen LogP contribution in [0, 0.1) is 0 Å². The Labute approximate surface area is 204 Å². The average molecular weight is 472 g/mol. The highest BCUT2D eigenvalue weighted by Gasteiger charge is 2.25. The van der Waals surface area contributed by atoms with Crippen molar-refractivity contribution in [3.05, 3.63) is 88.2 Å². The van der Waals surface area contributed by atoms with Crippen LogP contribution < -0.4 is 4.74 Å². The van der Waals surface area contributed by atoms with Gasteiger partial charge < -0.3 is 14.7 Å². The Morgan fingerprint density at radius 1 is 0.971 bits per heavy atom. The van der Waals surface area contributed by atoms with E-state index in [1.54, 1.807) is 12.4 Å². The number of aromatic nitrogens is 2. The summed E-state index contributed by atoms with van der Waals surface area (Å²) in [5.41, 5.74) is 5.79. The van der Waals surface area contributed by atoms with Crippen molar-refractivity contribution in [2.24, 2.45) is 0 Å². The first-order valence-electron chi connectivity index (χ1n) is 12.2. The van der Waals surface area contributed by atoms with E-state index in [4.69, 9.17) is 4.74 Å². The maximum atomic E-state index is 13.2. The van der Waals surface area contributed by atoms with Crippen LogP contribution >= 0.6 is 0 Å². The molecular formula is C28H29N3O4. The van der Waals surface area contributed by atoms with Crippen molar-refractivity contribution in [1.82, 2.24) is 14.9 Å². The Morgan fingerprint density at radius 3 is 2.54 bits per heavy atom. The Hall–Kier alpha value is -3.74. The number of nitrogens with zero attached hydrogens (tertiary/aromatic N) is 3. The summed E-state index contributed by atoms with van der Waals surface area (Å²) in [5.74, 6) is -1.25. The highest BCUT2D eigenvalue weighted by molar-refractivity contribution is 5.94. The molecule has 1 N–H and O–H groups in total. The molecule has 5 aliphatic heterocycles. The molecule has 6 heterocycles. The zero-order valence-electron chi connectivity index (χ0n) is 19.7. The summed E-state index contributed by atoms with van der Waals surface area (Å²) in [5, 5.41) is 9.59. The van der Waals surface area contributed by atoms with E-state index in [1.165, 1.54) is 11.1 Å². The maximum absolute atomic E-state index is 13.2. The smallest absolute Gasteiger partial charge is 0.316 e. The normalized spacial score (nSPS) is 18.2. The summed E-state index contributed by atoms with van der Waals surface area (Å²) >= 11 is 0. The molecular weight excluding hydrogens is 442 g/mol. The largest absolute Gasteiger partial charge is 0.481 e. The zero-order chi connectivity index (χ0) is 24.2.